The van der Waals surface area contributed by atoms with Crippen LogP contribution in [-0.4, -0.2) is 25.4 Å². The zero-order chi connectivity index (χ0) is 6.98. The van der Waals surface area contributed by atoms with Crippen LogP contribution in [0.3, 0.4) is 0 Å². The molecule has 2 aliphatic heterocycles. The molecule has 54 valence electrons. The normalized spacial score (nSPS) is 68.6. The molecule has 4 unspecified atom stereocenters. The first-order chi connectivity index (χ1) is 4.66. The largest absolute Gasteiger partial charge is 0.375 e. The van der Waals surface area contributed by atoms with Crippen molar-refractivity contribution in [2.75, 3.05) is 0 Å². The standard InChI is InChI=1S/C6H7NOS2/c7-5-2-1-3-4(9-3)6(5,8)10-5/h1-4,8H,7H2. The summed E-state index contributed by atoms with van der Waals surface area (Å²) in [5.41, 5.74) is 5.82. The summed E-state index contributed by atoms with van der Waals surface area (Å²) in [6.45, 7) is 0. The van der Waals surface area contributed by atoms with Crippen LogP contribution in [-0.2, 0) is 0 Å². The van der Waals surface area contributed by atoms with Crippen molar-refractivity contribution in [3.8, 4) is 0 Å². The number of hydrogen-bond donors (Lipinski definition) is 2. The van der Waals surface area contributed by atoms with Gasteiger partial charge in [0, 0.05) is 5.25 Å². The highest BCUT2D eigenvalue weighted by Crippen LogP contribution is 2.73. The van der Waals surface area contributed by atoms with Crippen molar-refractivity contribution in [3.63, 3.8) is 0 Å². The molecule has 1 aliphatic carbocycles. The van der Waals surface area contributed by atoms with Gasteiger partial charge in [0.1, 0.15) is 4.87 Å². The Morgan fingerprint density at radius 1 is 1.60 bits per heavy atom. The highest BCUT2D eigenvalue weighted by Gasteiger charge is 2.76. The minimum Gasteiger partial charge on any atom is -0.375 e. The van der Waals surface area contributed by atoms with Crippen molar-refractivity contribution in [1.82, 2.24) is 0 Å². The van der Waals surface area contributed by atoms with Crippen LogP contribution in [0.5, 0.6) is 0 Å². The number of thioether (sulfide) groups is 2. The van der Waals surface area contributed by atoms with Gasteiger partial charge in [0.25, 0.3) is 0 Å². The third-order valence-electron chi connectivity index (χ3n) is 2.29. The van der Waals surface area contributed by atoms with Gasteiger partial charge >= 0.3 is 0 Å². The molecule has 10 heavy (non-hydrogen) atoms. The van der Waals surface area contributed by atoms with Gasteiger partial charge in [-0.15, -0.1) is 11.8 Å². The second-order valence-corrected chi connectivity index (χ2v) is 5.80. The molecular weight excluding hydrogens is 166 g/mol. The van der Waals surface area contributed by atoms with Crippen molar-refractivity contribution in [2.24, 2.45) is 5.73 Å². The van der Waals surface area contributed by atoms with E-state index < -0.39 is 9.80 Å². The summed E-state index contributed by atoms with van der Waals surface area (Å²) in [5, 5.41) is 10.7. The summed E-state index contributed by atoms with van der Waals surface area (Å²) >= 11 is 3.29. The zero-order valence-electron chi connectivity index (χ0n) is 5.15. The van der Waals surface area contributed by atoms with Crippen LogP contribution < -0.4 is 5.73 Å². The Kier molecular flexibility index (Phi) is 0.777. The molecular formula is C6H7NOS2. The van der Waals surface area contributed by atoms with Gasteiger partial charge in [-0.1, -0.05) is 23.9 Å². The first-order valence-electron chi connectivity index (χ1n) is 3.22. The molecule has 2 fully saturated rings. The number of hydrogen-bond acceptors (Lipinski definition) is 4. The summed E-state index contributed by atoms with van der Waals surface area (Å²) < 4.78 is 0. The molecule has 4 atom stereocenters. The summed E-state index contributed by atoms with van der Waals surface area (Å²) in [6, 6.07) is 0. The van der Waals surface area contributed by atoms with E-state index in [9.17, 15) is 5.11 Å². The highest BCUT2D eigenvalue weighted by molar-refractivity contribution is 8.14. The van der Waals surface area contributed by atoms with Gasteiger partial charge in [0.15, 0.2) is 4.93 Å². The van der Waals surface area contributed by atoms with E-state index in [4.69, 9.17) is 5.73 Å². The molecule has 0 spiro atoms. The third kappa shape index (κ3) is 0.460. The Labute approximate surface area is 67.2 Å². The van der Waals surface area contributed by atoms with Crippen molar-refractivity contribution in [1.29, 1.82) is 0 Å². The van der Waals surface area contributed by atoms with Gasteiger partial charge in [-0.05, 0) is 0 Å². The second-order valence-electron chi connectivity index (χ2n) is 2.97. The molecule has 0 saturated carbocycles. The van der Waals surface area contributed by atoms with Gasteiger partial charge in [0.05, 0.1) is 5.25 Å². The molecule has 0 bridgehead atoms. The number of aliphatic hydroxyl groups is 1. The molecule has 2 heterocycles. The van der Waals surface area contributed by atoms with E-state index in [1.54, 1.807) is 0 Å². The van der Waals surface area contributed by atoms with Crippen LogP contribution in [0.1, 0.15) is 0 Å². The third-order valence-corrected chi connectivity index (χ3v) is 5.28. The van der Waals surface area contributed by atoms with E-state index >= 15 is 0 Å². The Bertz CT molecular complexity index is 244. The average molecular weight is 173 g/mol. The molecule has 3 aliphatic rings. The fraction of sp³-hybridized carbons (Fsp3) is 0.667. The smallest absolute Gasteiger partial charge is 0.156 e. The number of nitrogens with two attached hydrogens (primary N) is 1. The maximum Gasteiger partial charge on any atom is 0.156 e. The van der Waals surface area contributed by atoms with Gasteiger partial charge in [-0.2, -0.15) is 0 Å². The molecule has 3 rings (SSSR count). The van der Waals surface area contributed by atoms with E-state index in [0.717, 1.165) is 0 Å². The van der Waals surface area contributed by atoms with Crippen LogP contribution >= 0.6 is 23.5 Å². The molecule has 0 aromatic heterocycles. The lowest BCUT2D eigenvalue weighted by molar-refractivity contribution is 0.156. The molecule has 0 amide bonds. The van der Waals surface area contributed by atoms with E-state index in [2.05, 4.69) is 6.08 Å². The van der Waals surface area contributed by atoms with E-state index in [1.165, 1.54) is 11.8 Å². The minimum absolute atomic E-state index is 0.382. The SMILES string of the molecule is NC12C=CC3SC3C1(O)S2. The molecule has 2 saturated heterocycles. The predicted molar refractivity (Wildman–Crippen MR) is 43.8 cm³/mol. The monoisotopic (exact) mass is 173 g/mol. The lowest BCUT2D eigenvalue weighted by Crippen LogP contribution is -2.39. The molecule has 4 heteroatoms. The predicted octanol–water partition coefficient (Wildman–Crippen LogP) is 0.131. The fourth-order valence-corrected chi connectivity index (χ4v) is 4.11. The van der Waals surface area contributed by atoms with Gasteiger partial charge in [0.2, 0.25) is 0 Å². The topological polar surface area (TPSA) is 46.2 Å². The van der Waals surface area contributed by atoms with Crippen molar-refractivity contribution >= 4 is 23.5 Å². The summed E-state index contributed by atoms with van der Waals surface area (Å²) in [4.78, 5) is -1.05. The van der Waals surface area contributed by atoms with Crippen molar-refractivity contribution < 1.29 is 5.11 Å². The Morgan fingerprint density at radius 3 is 3.10 bits per heavy atom. The van der Waals surface area contributed by atoms with Crippen molar-refractivity contribution in [2.45, 2.75) is 20.3 Å². The highest BCUT2D eigenvalue weighted by atomic mass is 32.2. The van der Waals surface area contributed by atoms with E-state index in [1.807, 2.05) is 17.8 Å². The molecule has 0 aromatic rings. The molecule has 0 radical (unpaired) electrons. The first kappa shape index (κ1) is 5.94. The second kappa shape index (κ2) is 1.31. The minimum atomic E-state index is -0.614. The van der Waals surface area contributed by atoms with Crippen LogP contribution in [0, 0.1) is 0 Å². The Morgan fingerprint density at radius 2 is 2.40 bits per heavy atom. The fourth-order valence-electron chi connectivity index (χ4n) is 1.49. The van der Waals surface area contributed by atoms with E-state index in [-0.39, 0.29) is 0 Å². The molecule has 2 nitrogen and oxygen atoms in total. The average Bonchev–Trinajstić information content (AvgIpc) is 2.64. The van der Waals surface area contributed by atoms with Crippen molar-refractivity contribution in [3.05, 3.63) is 12.2 Å². The van der Waals surface area contributed by atoms with Gasteiger partial charge in [-0.25, -0.2) is 0 Å². The van der Waals surface area contributed by atoms with Gasteiger partial charge < -0.3 is 10.8 Å². The number of rotatable bonds is 0. The van der Waals surface area contributed by atoms with Crippen LogP contribution in [0.15, 0.2) is 12.2 Å². The zero-order valence-corrected chi connectivity index (χ0v) is 6.78. The quantitative estimate of drug-likeness (QED) is 0.404. The van der Waals surface area contributed by atoms with Gasteiger partial charge in [-0.3, -0.25) is 0 Å². The lowest BCUT2D eigenvalue weighted by Gasteiger charge is -2.12. The maximum absolute atomic E-state index is 9.78. The lowest BCUT2D eigenvalue weighted by atomic mass is 10.0. The Balaban J connectivity index is 2.09. The van der Waals surface area contributed by atoms with Crippen LogP contribution in [0.2, 0.25) is 0 Å². The maximum atomic E-state index is 9.78. The number of fused-ring (bicyclic) bond motifs is 3. The van der Waals surface area contributed by atoms with E-state index in [0.29, 0.717) is 10.5 Å². The van der Waals surface area contributed by atoms with Crippen LogP contribution in [0.4, 0.5) is 0 Å². The summed E-state index contributed by atoms with van der Waals surface area (Å²) in [5.74, 6) is 0. The molecule has 3 N–H and O–H groups in total. The van der Waals surface area contributed by atoms with Crippen LogP contribution in [0.25, 0.3) is 0 Å². The summed E-state index contributed by atoms with van der Waals surface area (Å²) in [6.07, 6.45) is 4.06. The summed E-state index contributed by atoms with van der Waals surface area (Å²) in [7, 11) is 0. The first-order valence-corrected chi connectivity index (χ1v) is 4.98. The molecule has 0 aromatic carbocycles. The Hall–Kier alpha value is 0.360.